The second-order valence-electron chi connectivity index (χ2n) is 8.68. The van der Waals surface area contributed by atoms with Crippen LogP contribution in [0.25, 0.3) is 16.6 Å². The van der Waals surface area contributed by atoms with Crippen LogP contribution in [0.3, 0.4) is 0 Å². The number of hydrogen-bond donors (Lipinski definition) is 0. The number of piperazine rings is 1. The van der Waals surface area contributed by atoms with Gasteiger partial charge in [0.1, 0.15) is 5.82 Å². The van der Waals surface area contributed by atoms with Gasteiger partial charge in [0.25, 0.3) is 0 Å². The van der Waals surface area contributed by atoms with Gasteiger partial charge in [-0.05, 0) is 44.0 Å². The number of rotatable bonds is 4. The molecule has 0 spiro atoms. The molecule has 0 radical (unpaired) electrons. The minimum absolute atomic E-state index is 0.0488. The minimum atomic E-state index is -0.118. The molecule has 1 saturated heterocycles. The van der Waals surface area contributed by atoms with Crippen molar-refractivity contribution in [2.24, 2.45) is 0 Å². The molecule has 0 aliphatic carbocycles. The summed E-state index contributed by atoms with van der Waals surface area (Å²) < 4.78 is 2.00. The molecule has 5 rings (SSSR count). The molecule has 1 aliphatic heterocycles. The van der Waals surface area contributed by atoms with Crippen LogP contribution in [-0.4, -0.2) is 56.1 Å². The average Bonchev–Trinajstić information content (AvgIpc) is 3.21. The number of carbonyl (C=O) groups is 1. The van der Waals surface area contributed by atoms with E-state index in [2.05, 4.69) is 28.9 Å². The molecule has 8 heteroatoms. The van der Waals surface area contributed by atoms with Gasteiger partial charge in [0.2, 0.25) is 11.9 Å². The predicted molar refractivity (Wildman–Crippen MR) is 131 cm³/mol. The number of nitrogens with zero attached hydrogens (tertiary/aromatic N) is 6. The second kappa shape index (κ2) is 8.63. The van der Waals surface area contributed by atoms with Crippen LogP contribution in [-0.2, 0) is 4.79 Å². The van der Waals surface area contributed by atoms with Gasteiger partial charge in [-0.25, -0.2) is 9.38 Å². The molecule has 2 aromatic heterocycles. The molecular formula is C25H27ClN6O. The third-order valence-electron chi connectivity index (χ3n) is 6.55. The topological polar surface area (TPSA) is 66.6 Å². The Kier molecular flexibility index (Phi) is 5.66. The molecule has 1 amide bonds. The summed E-state index contributed by atoms with van der Waals surface area (Å²) in [7, 11) is 0. The standard InChI is InChI=1S/C25H27ClN6O/c1-4-20(18-8-6-5-7-9-18)24(33)31-13-12-30(15-16(31)2)25-27-22-14-19(26)10-11-21(22)23-29-28-17(3)32(23)25/h5-11,14,16,20H,4,12-13,15H2,1-3H3. The van der Waals surface area contributed by atoms with Crippen LogP contribution in [0, 0.1) is 6.92 Å². The van der Waals surface area contributed by atoms with Crippen molar-refractivity contribution in [3.63, 3.8) is 0 Å². The van der Waals surface area contributed by atoms with E-state index in [0.29, 0.717) is 24.7 Å². The number of fused-ring (bicyclic) bond motifs is 3. The van der Waals surface area contributed by atoms with Gasteiger partial charge in [-0.15, -0.1) is 10.2 Å². The van der Waals surface area contributed by atoms with Gasteiger partial charge >= 0.3 is 0 Å². The van der Waals surface area contributed by atoms with E-state index >= 15 is 0 Å². The van der Waals surface area contributed by atoms with Crippen molar-refractivity contribution in [3.8, 4) is 0 Å². The molecular weight excluding hydrogens is 436 g/mol. The maximum absolute atomic E-state index is 13.5. The van der Waals surface area contributed by atoms with Gasteiger partial charge in [0, 0.05) is 36.1 Å². The van der Waals surface area contributed by atoms with Crippen molar-refractivity contribution >= 4 is 40.0 Å². The largest absolute Gasteiger partial charge is 0.338 e. The SMILES string of the molecule is CCC(C(=O)N1CCN(c2nc3cc(Cl)ccc3c3nnc(C)n23)CC1C)c1ccccc1. The normalized spacial score (nSPS) is 17.6. The van der Waals surface area contributed by atoms with Gasteiger partial charge < -0.3 is 9.80 Å². The number of aromatic nitrogens is 4. The summed E-state index contributed by atoms with van der Waals surface area (Å²) in [4.78, 5) is 22.7. The highest BCUT2D eigenvalue weighted by atomic mass is 35.5. The number of benzene rings is 2. The van der Waals surface area contributed by atoms with E-state index in [-0.39, 0.29) is 17.9 Å². The summed E-state index contributed by atoms with van der Waals surface area (Å²) >= 11 is 6.24. The summed E-state index contributed by atoms with van der Waals surface area (Å²) in [5.74, 6) is 1.65. The van der Waals surface area contributed by atoms with Crippen molar-refractivity contribution in [2.45, 2.75) is 39.2 Å². The summed E-state index contributed by atoms with van der Waals surface area (Å²) in [5.41, 5.74) is 2.64. The zero-order chi connectivity index (χ0) is 23.1. The van der Waals surface area contributed by atoms with Crippen LogP contribution in [0.4, 0.5) is 5.95 Å². The maximum atomic E-state index is 13.5. The zero-order valence-electron chi connectivity index (χ0n) is 19.1. The third kappa shape index (κ3) is 3.80. The fourth-order valence-corrected chi connectivity index (χ4v) is 5.00. The van der Waals surface area contributed by atoms with E-state index < -0.39 is 0 Å². The van der Waals surface area contributed by atoms with Crippen molar-refractivity contribution < 1.29 is 4.79 Å². The lowest BCUT2D eigenvalue weighted by Gasteiger charge is -2.41. The second-order valence-corrected chi connectivity index (χ2v) is 9.11. The molecule has 3 heterocycles. The first-order chi connectivity index (χ1) is 16.0. The molecule has 33 heavy (non-hydrogen) atoms. The van der Waals surface area contributed by atoms with E-state index in [1.807, 2.05) is 64.8 Å². The van der Waals surface area contributed by atoms with Crippen LogP contribution in [0.15, 0.2) is 48.5 Å². The summed E-state index contributed by atoms with van der Waals surface area (Å²) in [6.07, 6.45) is 0.781. The van der Waals surface area contributed by atoms with Crippen molar-refractivity contribution in [1.29, 1.82) is 0 Å². The van der Waals surface area contributed by atoms with Gasteiger partial charge in [-0.2, -0.15) is 0 Å². The van der Waals surface area contributed by atoms with Crippen LogP contribution >= 0.6 is 11.6 Å². The lowest BCUT2D eigenvalue weighted by molar-refractivity contribution is -0.135. The van der Waals surface area contributed by atoms with Crippen LogP contribution in [0.1, 0.15) is 37.6 Å². The van der Waals surface area contributed by atoms with Gasteiger partial charge in [0.15, 0.2) is 5.65 Å². The zero-order valence-corrected chi connectivity index (χ0v) is 19.8. The van der Waals surface area contributed by atoms with Crippen LogP contribution in [0.5, 0.6) is 0 Å². The van der Waals surface area contributed by atoms with Crippen LogP contribution < -0.4 is 4.90 Å². The van der Waals surface area contributed by atoms with E-state index in [9.17, 15) is 4.79 Å². The highest BCUT2D eigenvalue weighted by molar-refractivity contribution is 6.31. The van der Waals surface area contributed by atoms with Gasteiger partial charge in [-0.1, -0.05) is 48.9 Å². The highest BCUT2D eigenvalue weighted by Gasteiger charge is 2.33. The first-order valence-electron chi connectivity index (χ1n) is 11.4. The lowest BCUT2D eigenvalue weighted by atomic mass is 9.94. The fraction of sp³-hybridized carbons (Fsp3) is 0.360. The van der Waals surface area contributed by atoms with Crippen LogP contribution in [0.2, 0.25) is 5.02 Å². The molecule has 0 bridgehead atoms. The quantitative estimate of drug-likeness (QED) is 0.447. The molecule has 4 aromatic rings. The van der Waals surface area contributed by atoms with Gasteiger partial charge in [-0.3, -0.25) is 4.79 Å². The number of amides is 1. The number of carbonyl (C=O) groups excluding carboxylic acids is 1. The summed E-state index contributed by atoms with van der Waals surface area (Å²) in [6.45, 7) is 8.13. The Bertz CT molecular complexity index is 1320. The number of hydrogen-bond acceptors (Lipinski definition) is 5. The third-order valence-corrected chi connectivity index (χ3v) is 6.78. The number of anilines is 1. The summed E-state index contributed by atoms with van der Waals surface area (Å²) in [6, 6.07) is 15.8. The van der Waals surface area contributed by atoms with Gasteiger partial charge in [0.05, 0.1) is 11.4 Å². The molecule has 0 N–H and O–H groups in total. The minimum Gasteiger partial charge on any atom is -0.338 e. The molecule has 1 aliphatic rings. The monoisotopic (exact) mass is 462 g/mol. The van der Waals surface area contributed by atoms with E-state index in [0.717, 1.165) is 40.3 Å². The molecule has 7 nitrogen and oxygen atoms in total. The molecule has 2 aromatic carbocycles. The van der Waals surface area contributed by atoms with E-state index in [1.165, 1.54) is 0 Å². The smallest absolute Gasteiger partial charge is 0.230 e. The number of halogens is 1. The molecule has 1 fully saturated rings. The summed E-state index contributed by atoms with van der Waals surface area (Å²) in [5, 5.41) is 10.3. The Morgan fingerprint density at radius 3 is 2.67 bits per heavy atom. The first kappa shape index (κ1) is 21.6. The highest BCUT2D eigenvalue weighted by Crippen LogP contribution is 2.29. The van der Waals surface area contributed by atoms with Crippen molar-refractivity contribution in [2.75, 3.05) is 24.5 Å². The molecule has 2 unspecified atom stereocenters. The van der Waals surface area contributed by atoms with Crippen molar-refractivity contribution in [3.05, 3.63) is 64.9 Å². The van der Waals surface area contributed by atoms with Crippen molar-refractivity contribution in [1.82, 2.24) is 24.5 Å². The average molecular weight is 463 g/mol. The molecule has 0 saturated carbocycles. The number of aryl methyl sites for hydroxylation is 1. The Morgan fingerprint density at radius 2 is 1.94 bits per heavy atom. The Morgan fingerprint density at radius 1 is 1.15 bits per heavy atom. The maximum Gasteiger partial charge on any atom is 0.230 e. The van der Waals surface area contributed by atoms with E-state index in [1.54, 1.807) is 0 Å². The first-order valence-corrected chi connectivity index (χ1v) is 11.8. The fourth-order valence-electron chi connectivity index (χ4n) is 4.84. The molecule has 2 atom stereocenters. The Hall–Kier alpha value is -3.19. The Labute approximate surface area is 198 Å². The van der Waals surface area contributed by atoms with E-state index in [4.69, 9.17) is 16.6 Å². The predicted octanol–water partition coefficient (Wildman–Crippen LogP) is 4.47. The molecule has 170 valence electrons. The Balaban J connectivity index is 1.45. The lowest BCUT2D eigenvalue weighted by Crippen LogP contribution is -2.55.